The van der Waals surface area contributed by atoms with Gasteiger partial charge in [0.15, 0.2) is 5.78 Å². The Morgan fingerprint density at radius 1 is 1.11 bits per heavy atom. The van der Waals surface area contributed by atoms with Crippen LogP contribution in [-0.2, 0) is 6.54 Å². The first-order valence-corrected chi connectivity index (χ1v) is 9.03. The highest BCUT2D eigenvalue weighted by Gasteiger charge is 2.33. The molecule has 7 heteroatoms. The van der Waals surface area contributed by atoms with Crippen molar-refractivity contribution in [3.8, 4) is 0 Å². The molecule has 0 aliphatic carbocycles. The van der Waals surface area contributed by atoms with Gasteiger partial charge < -0.3 is 10.0 Å². The molecule has 1 amide bonds. The fraction of sp³-hybridized carbons (Fsp3) is 0.400. The maximum Gasteiger partial charge on any atom is 0.274 e. The van der Waals surface area contributed by atoms with Crippen LogP contribution < -0.4 is 0 Å². The van der Waals surface area contributed by atoms with Gasteiger partial charge in [0.2, 0.25) is 0 Å². The summed E-state index contributed by atoms with van der Waals surface area (Å²) in [5.41, 5.74) is 1.98. The number of hydrogen-bond donors (Lipinski definition) is 1. The van der Waals surface area contributed by atoms with E-state index in [2.05, 4.69) is 14.9 Å². The molecule has 1 aromatic carbocycles. The summed E-state index contributed by atoms with van der Waals surface area (Å²) in [4.78, 5) is 36.6. The first kappa shape index (κ1) is 19.1. The van der Waals surface area contributed by atoms with Gasteiger partial charge in [0.1, 0.15) is 12.3 Å². The van der Waals surface area contributed by atoms with Crippen LogP contribution in [0.3, 0.4) is 0 Å². The third-order valence-electron chi connectivity index (χ3n) is 4.84. The van der Waals surface area contributed by atoms with E-state index in [0.29, 0.717) is 11.3 Å². The van der Waals surface area contributed by atoms with Crippen molar-refractivity contribution in [2.45, 2.75) is 32.5 Å². The highest BCUT2D eigenvalue weighted by molar-refractivity contribution is 5.96. The third kappa shape index (κ3) is 4.37. The minimum Gasteiger partial charge on any atom is -0.388 e. The van der Waals surface area contributed by atoms with Crippen molar-refractivity contribution in [2.75, 3.05) is 19.7 Å². The molecule has 1 saturated heterocycles. The maximum absolute atomic E-state index is 12.8. The van der Waals surface area contributed by atoms with E-state index in [9.17, 15) is 9.59 Å². The zero-order chi connectivity index (χ0) is 19.4. The van der Waals surface area contributed by atoms with Crippen LogP contribution in [0.5, 0.6) is 0 Å². The molecule has 2 aromatic rings. The molecule has 1 aliphatic heterocycles. The van der Waals surface area contributed by atoms with Gasteiger partial charge in [-0.25, -0.2) is 4.98 Å². The summed E-state index contributed by atoms with van der Waals surface area (Å²) in [6, 6.07) is 7.42. The minimum absolute atomic E-state index is 0.0542. The molecule has 0 bridgehead atoms. The molecule has 3 rings (SSSR count). The number of benzene rings is 1. The van der Waals surface area contributed by atoms with Gasteiger partial charge in [-0.1, -0.05) is 24.3 Å². The van der Waals surface area contributed by atoms with Crippen LogP contribution in [0.15, 0.2) is 42.9 Å². The minimum atomic E-state index is -0.476. The maximum atomic E-state index is 12.8. The van der Waals surface area contributed by atoms with Crippen molar-refractivity contribution in [3.05, 3.63) is 59.7 Å². The second-order valence-electron chi connectivity index (χ2n) is 6.97. The molecule has 1 aromatic heterocycles. The standard InChI is InChI=1S/C20H24N4O3/c1-14-10-23(12-16-3-5-17(6-4-16)19(26)13-25)11-15(2)24(14)20(27)18-9-21-7-8-22-18/h3-9,14-15,25H,10-13H2,1-2H3/t14-,15+. The van der Waals surface area contributed by atoms with Crippen LogP contribution >= 0.6 is 0 Å². The molecule has 7 nitrogen and oxygen atoms in total. The number of carbonyl (C=O) groups excluding carboxylic acids is 2. The molecule has 0 saturated carbocycles. The molecule has 1 N–H and O–H groups in total. The Labute approximate surface area is 158 Å². The zero-order valence-electron chi connectivity index (χ0n) is 15.6. The summed E-state index contributed by atoms with van der Waals surface area (Å²) < 4.78 is 0. The summed E-state index contributed by atoms with van der Waals surface area (Å²) in [6.07, 6.45) is 4.59. The number of aliphatic hydroxyl groups is 1. The lowest BCUT2D eigenvalue weighted by molar-refractivity contribution is 0.0263. The summed E-state index contributed by atoms with van der Waals surface area (Å²) in [6.45, 7) is 5.87. The smallest absolute Gasteiger partial charge is 0.274 e. The van der Waals surface area contributed by atoms with Crippen LogP contribution in [0.4, 0.5) is 0 Å². The lowest BCUT2D eigenvalue weighted by atomic mass is 10.0. The molecular weight excluding hydrogens is 344 g/mol. The number of rotatable bonds is 5. The second-order valence-corrected chi connectivity index (χ2v) is 6.97. The van der Waals surface area contributed by atoms with Crippen molar-refractivity contribution in [1.82, 2.24) is 19.8 Å². The average molecular weight is 368 g/mol. The lowest BCUT2D eigenvalue weighted by Gasteiger charge is -2.44. The summed E-state index contributed by atoms with van der Waals surface area (Å²) in [7, 11) is 0. The van der Waals surface area contributed by atoms with Gasteiger partial charge in [-0.05, 0) is 19.4 Å². The Morgan fingerprint density at radius 3 is 2.33 bits per heavy atom. The van der Waals surface area contributed by atoms with Crippen molar-refractivity contribution in [1.29, 1.82) is 0 Å². The predicted molar refractivity (Wildman–Crippen MR) is 100 cm³/mol. The topological polar surface area (TPSA) is 86.6 Å². The molecule has 2 atom stereocenters. The second kappa shape index (κ2) is 8.37. The molecule has 0 spiro atoms. The van der Waals surface area contributed by atoms with Crippen molar-refractivity contribution in [2.24, 2.45) is 0 Å². The Bertz CT molecular complexity index is 783. The first-order chi connectivity index (χ1) is 13.0. The fourth-order valence-corrected chi connectivity index (χ4v) is 3.65. The number of nitrogens with zero attached hydrogens (tertiary/aromatic N) is 4. The molecular formula is C20H24N4O3. The fourth-order valence-electron chi connectivity index (χ4n) is 3.65. The van der Waals surface area contributed by atoms with Gasteiger partial charge in [0.05, 0.1) is 6.20 Å². The molecule has 27 heavy (non-hydrogen) atoms. The number of ketones is 1. The molecule has 1 fully saturated rings. The van der Waals surface area contributed by atoms with Crippen LogP contribution in [0.25, 0.3) is 0 Å². The number of piperazine rings is 1. The lowest BCUT2D eigenvalue weighted by Crippen LogP contribution is -2.58. The summed E-state index contributed by atoms with van der Waals surface area (Å²) >= 11 is 0. The summed E-state index contributed by atoms with van der Waals surface area (Å²) in [5.74, 6) is -0.366. The highest BCUT2D eigenvalue weighted by Crippen LogP contribution is 2.20. The van der Waals surface area contributed by atoms with E-state index in [1.54, 1.807) is 18.3 Å². The number of carbonyl (C=O) groups is 2. The molecule has 142 valence electrons. The van der Waals surface area contributed by atoms with Crippen molar-refractivity contribution in [3.63, 3.8) is 0 Å². The highest BCUT2D eigenvalue weighted by atomic mass is 16.3. The van der Waals surface area contributed by atoms with E-state index in [1.165, 1.54) is 12.4 Å². The Hall–Kier alpha value is -2.64. The molecule has 0 radical (unpaired) electrons. The Kier molecular flexibility index (Phi) is 5.93. The van der Waals surface area contributed by atoms with Crippen LogP contribution in [0.2, 0.25) is 0 Å². The quantitative estimate of drug-likeness (QED) is 0.803. The van der Waals surface area contributed by atoms with Crippen LogP contribution in [0.1, 0.15) is 40.3 Å². The van der Waals surface area contributed by atoms with E-state index in [0.717, 1.165) is 25.2 Å². The van der Waals surface area contributed by atoms with Crippen LogP contribution in [-0.4, -0.2) is 68.3 Å². The van der Waals surface area contributed by atoms with Crippen molar-refractivity contribution < 1.29 is 14.7 Å². The number of hydrogen-bond acceptors (Lipinski definition) is 6. The number of aliphatic hydroxyl groups excluding tert-OH is 1. The van der Waals surface area contributed by atoms with Gasteiger partial charge in [0, 0.05) is 49.7 Å². The number of aromatic nitrogens is 2. The Balaban J connectivity index is 1.65. The van der Waals surface area contributed by atoms with E-state index >= 15 is 0 Å². The van der Waals surface area contributed by atoms with E-state index in [-0.39, 0.29) is 23.8 Å². The number of amides is 1. The van der Waals surface area contributed by atoms with Gasteiger partial charge >= 0.3 is 0 Å². The third-order valence-corrected chi connectivity index (χ3v) is 4.84. The largest absolute Gasteiger partial charge is 0.388 e. The van der Waals surface area contributed by atoms with Gasteiger partial charge in [-0.3, -0.25) is 19.5 Å². The molecule has 1 aliphatic rings. The van der Waals surface area contributed by atoms with Gasteiger partial charge in [-0.2, -0.15) is 0 Å². The Morgan fingerprint density at radius 2 is 1.78 bits per heavy atom. The first-order valence-electron chi connectivity index (χ1n) is 9.03. The molecule has 2 heterocycles. The van der Waals surface area contributed by atoms with E-state index in [1.807, 2.05) is 30.9 Å². The van der Waals surface area contributed by atoms with Gasteiger partial charge in [0.25, 0.3) is 5.91 Å². The monoisotopic (exact) mass is 368 g/mol. The zero-order valence-corrected chi connectivity index (χ0v) is 15.6. The van der Waals surface area contributed by atoms with Crippen LogP contribution in [0, 0.1) is 0 Å². The average Bonchev–Trinajstić information content (AvgIpc) is 2.68. The predicted octanol–water partition coefficient (Wildman–Crippen LogP) is 1.39. The van der Waals surface area contributed by atoms with E-state index < -0.39 is 6.61 Å². The van der Waals surface area contributed by atoms with Gasteiger partial charge in [-0.15, -0.1) is 0 Å². The normalized spacial score (nSPS) is 20.5. The summed E-state index contributed by atoms with van der Waals surface area (Å²) in [5, 5.41) is 8.93. The molecule has 0 unspecified atom stereocenters. The SMILES string of the molecule is C[C@@H]1CN(Cc2ccc(C(=O)CO)cc2)C[C@H](C)N1C(=O)c1cnccn1. The number of Topliss-reactive ketones (excluding diaryl/α,β-unsaturated/α-hetero) is 1. The van der Waals surface area contributed by atoms with Crippen molar-refractivity contribution >= 4 is 11.7 Å². The van der Waals surface area contributed by atoms with E-state index in [4.69, 9.17) is 5.11 Å².